The Morgan fingerprint density at radius 3 is 2.04 bits per heavy atom. The number of carbonyl (C=O) groups excluding carboxylic acids is 2. The first-order chi connectivity index (χ1) is 13.7. The molecule has 3 aromatic carbocycles. The number of likely N-dealkylation sites (tertiary alicyclic amines) is 1. The monoisotopic (exact) mass is 373 g/mol. The number of benzene rings is 3. The van der Waals surface area contributed by atoms with Gasteiger partial charge >= 0.3 is 11.8 Å². The number of hydrazone groups is 1. The molecule has 0 unspecified atom stereocenters. The molecule has 5 nitrogen and oxygen atoms in total. The molecule has 0 aliphatic carbocycles. The van der Waals surface area contributed by atoms with E-state index in [1.54, 1.807) is 11.1 Å². The minimum atomic E-state index is -0.678. The molecule has 2 amide bonds. The van der Waals surface area contributed by atoms with E-state index in [4.69, 9.17) is 0 Å². The van der Waals surface area contributed by atoms with Gasteiger partial charge in [-0.25, -0.2) is 5.43 Å². The highest BCUT2D eigenvalue weighted by atomic mass is 16.2. The molecule has 28 heavy (non-hydrogen) atoms. The molecule has 1 aliphatic heterocycles. The summed E-state index contributed by atoms with van der Waals surface area (Å²) in [6, 6.07) is 18.3. The summed E-state index contributed by atoms with van der Waals surface area (Å²) in [7, 11) is 0. The average Bonchev–Trinajstić information content (AvgIpc) is 3.02. The normalized spacial score (nSPS) is 15.1. The lowest BCUT2D eigenvalue weighted by atomic mass is 9.97. The maximum absolute atomic E-state index is 12.4. The van der Waals surface area contributed by atoms with Crippen LogP contribution in [0.1, 0.15) is 31.2 Å². The molecular formula is C23H23N3O2. The Kier molecular flexibility index (Phi) is 5.33. The summed E-state index contributed by atoms with van der Waals surface area (Å²) in [4.78, 5) is 26.2. The number of nitrogens with zero attached hydrogens (tertiary/aromatic N) is 2. The van der Waals surface area contributed by atoms with Crippen molar-refractivity contribution in [2.45, 2.75) is 25.7 Å². The van der Waals surface area contributed by atoms with Gasteiger partial charge in [-0.3, -0.25) is 9.59 Å². The molecule has 1 N–H and O–H groups in total. The molecule has 5 heteroatoms. The van der Waals surface area contributed by atoms with Crippen molar-refractivity contribution < 1.29 is 9.59 Å². The summed E-state index contributed by atoms with van der Waals surface area (Å²) in [6.07, 6.45) is 5.75. The van der Waals surface area contributed by atoms with Gasteiger partial charge in [0, 0.05) is 18.7 Å². The molecule has 142 valence electrons. The number of hydrogen-bond donors (Lipinski definition) is 1. The second-order valence-electron chi connectivity index (χ2n) is 7.14. The Bertz CT molecular complexity index is 996. The topological polar surface area (TPSA) is 61.8 Å². The number of fused-ring (bicyclic) bond motifs is 2. The lowest BCUT2D eigenvalue weighted by Gasteiger charge is -2.18. The van der Waals surface area contributed by atoms with Gasteiger partial charge in [0.1, 0.15) is 0 Å². The minimum absolute atomic E-state index is 0.498. The van der Waals surface area contributed by atoms with Crippen molar-refractivity contribution in [2.75, 3.05) is 13.1 Å². The third-order valence-electron chi connectivity index (χ3n) is 5.26. The van der Waals surface area contributed by atoms with E-state index in [-0.39, 0.29) is 0 Å². The van der Waals surface area contributed by atoms with Crippen LogP contribution in [-0.2, 0) is 9.59 Å². The van der Waals surface area contributed by atoms with Crippen LogP contribution in [0.5, 0.6) is 0 Å². The maximum Gasteiger partial charge on any atom is 0.329 e. The van der Waals surface area contributed by atoms with Crippen molar-refractivity contribution in [3.05, 3.63) is 60.2 Å². The highest BCUT2D eigenvalue weighted by molar-refractivity contribution is 6.35. The Labute approximate surface area is 164 Å². The number of carbonyl (C=O) groups is 2. The summed E-state index contributed by atoms with van der Waals surface area (Å²) >= 11 is 0. The maximum atomic E-state index is 12.4. The predicted molar refractivity (Wildman–Crippen MR) is 112 cm³/mol. The minimum Gasteiger partial charge on any atom is -0.334 e. The lowest BCUT2D eigenvalue weighted by molar-refractivity contribution is -0.145. The van der Waals surface area contributed by atoms with E-state index >= 15 is 0 Å². The molecule has 0 spiro atoms. The van der Waals surface area contributed by atoms with Crippen molar-refractivity contribution in [3.8, 4) is 0 Å². The third-order valence-corrected chi connectivity index (χ3v) is 5.26. The van der Waals surface area contributed by atoms with Crippen molar-refractivity contribution >= 4 is 39.6 Å². The van der Waals surface area contributed by atoms with Crippen LogP contribution in [0.15, 0.2) is 59.7 Å². The van der Waals surface area contributed by atoms with E-state index in [1.165, 1.54) is 0 Å². The Hall–Kier alpha value is -3.21. The molecule has 1 heterocycles. The third kappa shape index (κ3) is 3.74. The van der Waals surface area contributed by atoms with Crippen LogP contribution in [-0.4, -0.2) is 36.0 Å². The smallest absolute Gasteiger partial charge is 0.329 e. The van der Waals surface area contributed by atoms with E-state index in [2.05, 4.69) is 28.7 Å². The zero-order valence-electron chi connectivity index (χ0n) is 15.7. The summed E-state index contributed by atoms with van der Waals surface area (Å²) < 4.78 is 0. The summed E-state index contributed by atoms with van der Waals surface area (Å²) in [5.41, 5.74) is 3.34. The summed E-state index contributed by atoms with van der Waals surface area (Å²) in [5, 5.41) is 8.43. The molecule has 0 radical (unpaired) electrons. The Balaban J connectivity index is 1.58. The second kappa shape index (κ2) is 8.21. The van der Waals surface area contributed by atoms with Crippen molar-refractivity contribution in [2.24, 2.45) is 5.10 Å². The highest BCUT2D eigenvalue weighted by Crippen LogP contribution is 2.27. The first-order valence-corrected chi connectivity index (χ1v) is 9.77. The van der Waals surface area contributed by atoms with Crippen molar-refractivity contribution in [1.29, 1.82) is 0 Å². The molecule has 4 rings (SSSR count). The second-order valence-corrected chi connectivity index (χ2v) is 7.14. The Morgan fingerprint density at radius 1 is 0.857 bits per heavy atom. The molecule has 0 atom stereocenters. The van der Waals surface area contributed by atoms with Crippen LogP contribution in [0.4, 0.5) is 0 Å². The molecule has 1 saturated heterocycles. The van der Waals surface area contributed by atoms with Crippen molar-refractivity contribution in [3.63, 3.8) is 0 Å². The predicted octanol–water partition coefficient (Wildman–Crippen LogP) is 3.85. The number of nitrogens with one attached hydrogen (secondary N) is 1. The standard InChI is InChI=1S/C23H23N3O2/c27-22(23(28)26-13-7-1-2-8-14-26)25-24-16-21-19-11-5-3-9-17(19)15-18-10-4-6-12-20(18)21/h3-6,9-12,15-16H,1-2,7-8,13-14H2,(H,25,27)/b24-16+. The molecule has 1 aliphatic rings. The Morgan fingerprint density at radius 2 is 1.43 bits per heavy atom. The van der Waals surface area contributed by atoms with Crippen molar-refractivity contribution in [1.82, 2.24) is 10.3 Å². The largest absolute Gasteiger partial charge is 0.334 e. The summed E-state index contributed by atoms with van der Waals surface area (Å²) in [5.74, 6) is -1.18. The molecule has 0 saturated carbocycles. The van der Waals surface area contributed by atoms with Gasteiger partial charge in [0.2, 0.25) is 0 Å². The van der Waals surface area contributed by atoms with Gasteiger partial charge in [-0.2, -0.15) is 5.10 Å². The summed E-state index contributed by atoms with van der Waals surface area (Å²) in [6.45, 7) is 1.29. The van der Waals surface area contributed by atoms with E-state index in [0.29, 0.717) is 13.1 Å². The van der Waals surface area contributed by atoms with E-state index in [9.17, 15) is 9.59 Å². The number of hydrogen-bond acceptors (Lipinski definition) is 3. The fourth-order valence-electron chi connectivity index (χ4n) is 3.81. The first kappa shape index (κ1) is 18.2. The zero-order chi connectivity index (χ0) is 19.3. The molecule has 0 aromatic heterocycles. The quantitative estimate of drug-likeness (QED) is 0.321. The van der Waals surface area contributed by atoms with Crippen LogP contribution in [0, 0.1) is 0 Å². The van der Waals surface area contributed by atoms with Gasteiger partial charge in [0.05, 0.1) is 6.21 Å². The average molecular weight is 373 g/mol. The van der Waals surface area contributed by atoms with Crippen LogP contribution < -0.4 is 5.43 Å². The molecular weight excluding hydrogens is 350 g/mol. The van der Waals surface area contributed by atoms with Gasteiger partial charge in [-0.1, -0.05) is 61.4 Å². The lowest BCUT2D eigenvalue weighted by Crippen LogP contribution is -2.41. The van der Waals surface area contributed by atoms with Gasteiger partial charge < -0.3 is 4.90 Å². The van der Waals surface area contributed by atoms with E-state index in [0.717, 1.165) is 52.8 Å². The SMILES string of the molecule is O=C(N/N=C/c1c2ccccc2cc2ccccc12)C(=O)N1CCCCCC1. The van der Waals surface area contributed by atoms with Gasteiger partial charge in [0.25, 0.3) is 0 Å². The van der Waals surface area contributed by atoms with E-state index in [1.807, 2.05) is 36.4 Å². The number of amides is 2. The first-order valence-electron chi connectivity index (χ1n) is 9.77. The van der Waals surface area contributed by atoms with Gasteiger partial charge in [0.15, 0.2) is 0 Å². The van der Waals surface area contributed by atoms with Crippen LogP contribution in [0.25, 0.3) is 21.5 Å². The fraction of sp³-hybridized carbons (Fsp3) is 0.261. The highest BCUT2D eigenvalue weighted by Gasteiger charge is 2.22. The molecule has 0 bridgehead atoms. The number of rotatable bonds is 2. The van der Waals surface area contributed by atoms with Crippen LogP contribution >= 0.6 is 0 Å². The molecule has 3 aromatic rings. The van der Waals surface area contributed by atoms with Gasteiger partial charge in [-0.05, 0) is 40.5 Å². The van der Waals surface area contributed by atoms with E-state index < -0.39 is 11.8 Å². The van der Waals surface area contributed by atoms with Gasteiger partial charge in [-0.15, -0.1) is 0 Å². The van der Waals surface area contributed by atoms with Crippen LogP contribution in [0.3, 0.4) is 0 Å². The molecule has 1 fully saturated rings. The van der Waals surface area contributed by atoms with Crippen LogP contribution in [0.2, 0.25) is 0 Å². The fourth-order valence-corrected chi connectivity index (χ4v) is 3.81. The zero-order valence-corrected chi connectivity index (χ0v) is 15.7.